The molecule has 0 bridgehead atoms. The van der Waals surface area contributed by atoms with Crippen LogP contribution in [0.3, 0.4) is 0 Å². The van der Waals surface area contributed by atoms with Gasteiger partial charge < -0.3 is 21.9 Å². The lowest BCUT2D eigenvalue weighted by atomic mass is 9.48. The van der Waals surface area contributed by atoms with E-state index in [0.717, 1.165) is 44.1 Å². The largest absolute Gasteiger partial charge is 0.481 e. The molecule has 33 heavy (non-hydrogen) atoms. The molecule has 3 fully saturated rings. The van der Waals surface area contributed by atoms with Crippen LogP contribution in [-0.2, 0) is 20.9 Å². The van der Waals surface area contributed by atoms with Crippen molar-refractivity contribution in [2.45, 2.75) is 77.2 Å². The first-order valence-corrected chi connectivity index (χ1v) is 12.3. The van der Waals surface area contributed by atoms with E-state index in [1.807, 2.05) is 0 Å². The molecular formula is C25H36N4O4. The van der Waals surface area contributed by atoms with Gasteiger partial charge in [0.05, 0.1) is 5.41 Å². The summed E-state index contributed by atoms with van der Waals surface area (Å²) in [4.78, 5) is 44.5. The first kappa shape index (κ1) is 23.5. The van der Waals surface area contributed by atoms with Gasteiger partial charge in [-0.1, -0.05) is 51.0 Å². The highest BCUT2D eigenvalue weighted by Gasteiger charge is 2.70. The molecule has 1 aromatic heterocycles. The predicted molar refractivity (Wildman–Crippen MR) is 123 cm³/mol. The Kier molecular flexibility index (Phi) is 6.64. The first-order valence-electron chi connectivity index (χ1n) is 12.3. The lowest BCUT2D eigenvalue weighted by molar-refractivity contribution is -0.181. The summed E-state index contributed by atoms with van der Waals surface area (Å²) in [6.07, 6.45) is 10.4. The highest BCUT2D eigenvalue weighted by atomic mass is 16.4. The predicted octanol–water partition coefficient (Wildman–Crippen LogP) is 3.00. The maximum absolute atomic E-state index is 14.1. The van der Waals surface area contributed by atoms with Crippen molar-refractivity contribution in [2.75, 3.05) is 5.73 Å². The Hall–Kier alpha value is -2.64. The van der Waals surface area contributed by atoms with Gasteiger partial charge in [0.25, 0.3) is 0 Å². The van der Waals surface area contributed by atoms with Crippen LogP contribution in [0.2, 0.25) is 0 Å². The minimum Gasteiger partial charge on any atom is -0.481 e. The lowest BCUT2D eigenvalue weighted by Gasteiger charge is -2.53. The molecule has 180 valence electrons. The minimum absolute atomic E-state index is 0.137. The number of aliphatic carboxylic acids is 1. The number of primary amides is 1. The van der Waals surface area contributed by atoms with Crippen LogP contribution in [0.5, 0.6) is 0 Å². The summed E-state index contributed by atoms with van der Waals surface area (Å²) in [7, 11) is 0. The molecule has 3 saturated carbocycles. The quantitative estimate of drug-likeness (QED) is 0.464. The van der Waals surface area contributed by atoms with E-state index in [1.165, 1.54) is 0 Å². The van der Waals surface area contributed by atoms with Crippen LogP contribution in [0, 0.1) is 28.6 Å². The second kappa shape index (κ2) is 9.31. The molecule has 4 rings (SSSR count). The molecule has 3 aliphatic rings. The van der Waals surface area contributed by atoms with Gasteiger partial charge in [-0.05, 0) is 55.1 Å². The number of rotatable bonds is 7. The Morgan fingerprint density at radius 2 is 1.76 bits per heavy atom. The van der Waals surface area contributed by atoms with Gasteiger partial charge in [0.2, 0.25) is 11.8 Å². The van der Waals surface area contributed by atoms with Gasteiger partial charge in [-0.15, -0.1) is 0 Å². The number of carboxylic acids is 1. The van der Waals surface area contributed by atoms with Crippen LogP contribution < -0.4 is 16.8 Å². The van der Waals surface area contributed by atoms with Crippen molar-refractivity contribution in [3.05, 3.63) is 23.9 Å². The van der Waals surface area contributed by atoms with Gasteiger partial charge in [0, 0.05) is 12.7 Å². The zero-order valence-corrected chi connectivity index (χ0v) is 19.2. The molecule has 0 saturated heterocycles. The van der Waals surface area contributed by atoms with Gasteiger partial charge in [0.15, 0.2) is 0 Å². The number of fused-ring (bicyclic) bond motifs is 1. The van der Waals surface area contributed by atoms with Crippen molar-refractivity contribution in [1.29, 1.82) is 0 Å². The number of nitrogen functional groups attached to an aromatic ring is 1. The smallest absolute Gasteiger partial charge is 0.311 e. The summed E-state index contributed by atoms with van der Waals surface area (Å²) in [6.45, 7) is 0.137. The van der Waals surface area contributed by atoms with E-state index >= 15 is 0 Å². The number of pyridine rings is 1. The van der Waals surface area contributed by atoms with Crippen LogP contribution in [0.1, 0.15) is 76.2 Å². The number of amides is 2. The Labute approximate surface area is 194 Å². The monoisotopic (exact) mass is 456 g/mol. The van der Waals surface area contributed by atoms with Gasteiger partial charge in [-0.2, -0.15) is 0 Å². The van der Waals surface area contributed by atoms with Crippen molar-refractivity contribution in [3.63, 3.8) is 0 Å². The van der Waals surface area contributed by atoms with Gasteiger partial charge in [-0.3, -0.25) is 14.4 Å². The number of nitrogens with one attached hydrogen (secondary N) is 1. The lowest BCUT2D eigenvalue weighted by Crippen LogP contribution is -2.67. The molecular weight excluding hydrogens is 420 g/mol. The number of hydrogen-bond acceptors (Lipinski definition) is 5. The van der Waals surface area contributed by atoms with Crippen LogP contribution in [0.4, 0.5) is 5.82 Å². The molecule has 0 aromatic carbocycles. The fourth-order valence-electron chi connectivity index (χ4n) is 7.36. The number of hydrogen-bond donors (Lipinski definition) is 4. The Bertz CT molecular complexity index is 894. The highest BCUT2D eigenvalue weighted by Crippen LogP contribution is 2.61. The average molecular weight is 457 g/mol. The minimum atomic E-state index is -1.77. The Morgan fingerprint density at radius 3 is 2.39 bits per heavy atom. The standard InChI is InChI=1S/C25H36N4O4/c26-20-11-10-16(14-28-20)15-29-22(31)25(21(27)30,24(23(32)33)12-3-4-13-24)19-9-5-7-17-6-1-2-8-18(17)19/h10-11,14,17-19H,1-9,12-13,15H2,(H2,26,28)(H2,27,30)(H,29,31)(H,32,33)/t17?,18?,19?,25-/m0/s1. The highest BCUT2D eigenvalue weighted by molar-refractivity contribution is 6.09. The van der Waals surface area contributed by atoms with Gasteiger partial charge >= 0.3 is 5.97 Å². The molecule has 3 aliphatic carbocycles. The van der Waals surface area contributed by atoms with E-state index in [2.05, 4.69) is 10.3 Å². The van der Waals surface area contributed by atoms with Gasteiger partial charge in [0.1, 0.15) is 11.2 Å². The molecule has 2 amide bonds. The van der Waals surface area contributed by atoms with E-state index in [9.17, 15) is 19.5 Å². The number of carbonyl (C=O) groups excluding carboxylic acids is 2. The summed E-state index contributed by atoms with van der Waals surface area (Å²) in [5.41, 5.74) is 9.28. The molecule has 6 N–H and O–H groups in total. The molecule has 1 aromatic rings. The van der Waals surface area contributed by atoms with E-state index in [1.54, 1.807) is 18.3 Å². The maximum atomic E-state index is 14.1. The summed E-state index contributed by atoms with van der Waals surface area (Å²) in [5.74, 6) is -1.78. The number of anilines is 1. The number of carboxylic acid groups (broad SMARTS) is 1. The molecule has 0 radical (unpaired) electrons. The topological polar surface area (TPSA) is 148 Å². The van der Waals surface area contributed by atoms with Crippen molar-refractivity contribution >= 4 is 23.6 Å². The third-order valence-electron chi connectivity index (χ3n) is 8.80. The number of nitrogens with zero attached hydrogens (tertiary/aromatic N) is 1. The first-order chi connectivity index (χ1) is 15.8. The van der Waals surface area contributed by atoms with Crippen molar-refractivity contribution in [2.24, 2.45) is 34.3 Å². The number of aromatic nitrogens is 1. The summed E-state index contributed by atoms with van der Waals surface area (Å²) in [6, 6.07) is 3.40. The van der Waals surface area contributed by atoms with Crippen molar-refractivity contribution in [3.8, 4) is 0 Å². The van der Waals surface area contributed by atoms with Crippen molar-refractivity contribution in [1.82, 2.24) is 10.3 Å². The molecule has 3 unspecified atom stereocenters. The number of nitrogens with two attached hydrogens (primary N) is 2. The SMILES string of the molecule is NC(=O)[C@](C(=O)NCc1ccc(N)nc1)(C1CCCC2CCCCC21)C1(C(=O)O)CCCC1. The zero-order chi connectivity index (χ0) is 23.6. The molecule has 0 spiro atoms. The summed E-state index contributed by atoms with van der Waals surface area (Å²) >= 11 is 0. The molecule has 4 atom stereocenters. The summed E-state index contributed by atoms with van der Waals surface area (Å²) < 4.78 is 0. The maximum Gasteiger partial charge on any atom is 0.311 e. The van der Waals surface area contributed by atoms with Crippen LogP contribution in [0.15, 0.2) is 18.3 Å². The molecule has 8 heteroatoms. The van der Waals surface area contributed by atoms with E-state index in [4.69, 9.17) is 11.5 Å². The molecule has 8 nitrogen and oxygen atoms in total. The molecule has 0 aliphatic heterocycles. The summed E-state index contributed by atoms with van der Waals surface area (Å²) in [5, 5.41) is 13.4. The zero-order valence-electron chi connectivity index (χ0n) is 19.2. The fraction of sp³-hybridized carbons (Fsp3) is 0.680. The van der Waals surface area contributed by atoms with Gasteiger partial charge in [-0.25, -0.2) is 4.98 Å². The Balaban J connectivity index is 1.77. The van der Waals surface area contributed by atoms with Crippen LogP contribution >= 0.6 is 0 Å². The molecule has 1 heterocycles. The third-order valence-corrected chi connectivity index (χ3v) is 8.80. The number of carbonyl (C=O) groups is 3. The van der Waals surface area contributed by atoms with Crippen LogP contribution in [0.25, 0.3) is 0 Å². The van der Waals surface area contributed by atoms with E-state index in [0.29, 0.717) is 43.8 Å². The fourth-order valence-corrected chi connectivity index (χ4v) is 7.36. The van der Waals surface area contributed by atoms with E-state index < -0.39 is 28.6 Å². The van der Waals surface area contributed by atoms with Crippen molar-refractivity contribution < 1.29 is 19.5 Å². The second-order valence-corrected chi connectivity index (χ2v) is 10.3. The van der Waals surface area contributed by atoms with E-state index in [-0.39, 0.29) is 18.4 Å². The van der Waals surface area contributed by atoms with Crippen LogP contribution in [-0.4, -0.2) is 27.9 Å². The second-order valence-electron chi connectivity index (χ2n) is 10.3. The average Bonchev–Trinajstić information content (AvgIpc) is 3.31. The Morgan fingerprint density at radius 1 is 1.06 bits per heavy atom. The normalized spacial score (nSPS) is 28.3. The third kappa shape index (κ3) is 3.87.